The first-order valence-corrected chi connectivity index (χ1v) is 8.76. The van der Waals surface area contributed by atoms with Crippen LogP contribution >= 0.6 is 0 Å². The van der Waals surface area contributed by atoms with E-state index in [1.54, 1.807) is 0 Å². The maximum absolute atomic E-state index is 5.90. The van der Waals surface area contributed by atoms with Crippen molar-refractivity contribution in [1.82, 2.24) is 0 Å². The molecule has 0 aliphatic carbocycles. The van der Waals surface area contributed by atoms with Gasteiger partial charge in [-0.05, 0) is 40.8 Å². The summed E-state index contributed by atoms with van der Waals surface area (Å²) in [5.41, 5.74) is 1.36. The molecule has 0 spiro atoms. The molecule has 0 N–H and O–H groups in total. The molecule has 0 radical (unpaired) electrons. The van der Waals surface area contributed by atoms with Crippen LogP contribution < -0.4 is 9.47 Å². The summed E-state index contributed by atoms with van der Waals surface area (Å²) in [6.45, 7) is 7.76. The van der Waals surface area contributed by atoms with E-state index in [1.807, 2.05) is 0 Å². The Bertz CT molecular complexity index is 668. The highest BCUT2D eigenvalue weighted by molar-refractivity contribution is 5.86. The Morgan fingerprint density at radius 1 is 0.792 bits per heavy atom. The summed E-state index contributed by atoms with van der Waals surface area (Å²) in [6, 6.07) is 10.7. The molecule has 3 rings (SSSR count). The Morgan fingerprint density at radius 2 is 1.38 bits per heavy atom. The monoisotopic (exact) mass is 330 g/mol. The molecule has 0 bridgehead atoms. The molecule has 24 heavy (non-hydrogen) atoms. The van der Waals surface area contributed by atoms with Crippen LogP contribution in [0.4, 0.5) is 0 Å². The van der Waals surface area contributed by atoms with Crippen LogP contribution in [0.1, 0.15) is 31.7 Å². The fourth-order valence-corrected chi connectivity index (χ4v) is 2.79. The first-order chi connectivity index (χ1) is 11.8. The summed E-state index contributed by atoms with van der Waals surface area (Å²) in [6.07, 6.45) is 1.13. The van der Waals surface area contributed by atoms with Crippen LogP contribution in [-0.4, -0.2) is 39.6 Å². The second kappa shape index (κ2) is 8.36. The third-order valence-corrected chi connectivity index (χ3v) is 4.45. The van der Waals surface area contributed by atoms with Gasteiger partial charge in [0.1, 0.15) is 13.2 Å². The number of ether oxygens (including phenoxy) is 4. The van der Waals surface area contributed by atoms with Crippen LogP contribution in [0.3, 0.4) is 0 Å². The minimum Gasteiger partial charge on any atom is -0.487 e. The van der Waals surface area contributed by atoms with Gasteiger partial charge >= 0.3 is 0 Å². The third-order valence-electron chi connectivity index (χ3n) is 4.45. The Balaban J connectivity index is 1.90. The third kappa shape index (κ3) is 4.19. The maximum Gasteiger partial charge on any atom is 0.161 e. The van der Waals surface area contributed by atoms with Crippen molar-refractivity contribution in [2.45, 2.75) is 26.2 Å². The van der Waals surface area contributed by atoms with Gasteiger partial charge in [-0.1, -0.05) is 32.0 Å². The van der Waals surface area contributed by atoms with Crippen molar-refractivity contribution in [3.8, 4) is 11.5 Å². The first-order valence-electron chi connectivity index (χ1n) is 8.76. The molecule has 1 aliphatic rings. The van der Waals surface area contributed by atoms with Crippen molar-refractivity contribution in [3.05, 3.63) is 35.9 Å². The van der Waals surface area contributed by atoms with Gasteiger partial charge in [-0.25, -0.2) is 0 Å². The van der Waals surface area contributed by atoms with Crippen LogP contribution in [0.2, 0.25) is 0 Å². The van der Waals surface area contributed by atoms with Gasteiger partial charge in [0.2, 0.25) is 0 Å². The average molecular weight is 330 g/mol. The number of fused-ring (bicyclic) bond motifs is 2. The molecule has 1 heterocycles. The molecule has 0 aromatic heterocycles. The van der Waals surface area contributed by atoms with Crippen molar-refractivity contribution in [1.29, 1.82) is 0 Å². The topological polar surface area (TPSA) is 36.9 Å². The quantitative estimate of drug-likeness (QED) is 0.828. The van der Waals surface area contributed by atoms with Crippen molar-refractivity contribution < 1.29 is 18.9 Å². The van der Waals surface area contributed by atoms with Crippen LogP contribution in [0.25, 0.3) is 10.8 Å². The SMILES string of the molecule is CCC(C)c1ccc2cc3c(cc2c1)OCCOCCOCCO3. The molecule has 0 amide bonds. The highest BCUT2D eigenvalue weighted by Gasteiger charge is 2.11. The Hall–Kier alpha value is -1.78. The number of benzene rings is 2. The van der Waals surface area contributed by atoms with Gasteiger partial charge in [-0.3, -0.25) is 0 Å². The van der Waals surface area contributed by atoms with Crippen molar-refractivity contribution in [3.63, 3.8) is 0 Å². The first kappa shape index (κ1) is 17.1. The predicted molar refractivity (Wildman–Crippen MR) is 95.3 cm³/mol. The fourth-order valence-electron chi connectivity index (χ4n) is 2.79. The molecule has 2 aromatic rings. The zero-order valence-electron chi connectivity index (χ0n) is 14.5. The minimum absolute atomic E-state index is 0.507. The second-order valence-electron chi connectivity index (χ2n) is 6.14. The molecule has 1 atom stereocenters. The standard InChI is InChI=1S/C20H26O4/c1-3-15(2)16-4-5-17-13-19-20(14-18(17)12-16)24-11-9-22-7-6-21-8-10-23-19/h4-5,12-15H,3,6-11H2,1-2H3. The molecule has 130 valence electrons. The number of rotatable bonds is 2. The van der Waals surface area contributed by atoms with Gasteiger partial charge in [0.05, 0.1) is 26.4 Å². The summed E-state index contributed by atoms with van der Waals surface area (Å²) in [5.74, 6) is 2.09. The molecule has 4 nitrogen and oxygen atoms in total. The maximum atomic E-state index is 5.90. The van der Waals surface area contributed by atoms with E-state index in [4.69, 9.17) is 18.9 Å². The van der Waals surface area contributed by atoms with Crippen LogP contribution in [0.15, 0.2) is 30.3 Å². The highest BCUT2D eigenvalue weighted by atomic mass is 16.6. The van der Waals surface area contributed by atoms with Gasteiger partial charge in [0.25, 0.3) is 0 Å². The highest BCUT2D eigenvalue weighted by Crippen LogP contribution is 2.34. The zero-order chi connectivity index (χ0) is 16.8. The van der Waals surface area contributed by atoms with E-state index in [0.29, 0.717) is 45.6 Å². The van der Waals surface area contributed by atoms with E-state index in [9.17, 15) is 0 Å². The van der Waals surface area contributed by atoms with Gasteiger partial charge in [-0.2, -0.15) is 0 Å². The molecule has 2 aromatic carbocycles. The van der Waals surface area contributed by atoms with Crippen molar-refractivity contribution in [2.75, 3.05) is 39.6 Å². The summed E-state index contributed by atoms with van der Waals surface area (Å²) in [5, 5.41) is 2.34. The number of hydrogen-bond donors (Lipinski definition) is 0. The van der Waals surface area contributed by atoms with E-state index in [2.05, 4.69) is 44.2 Å². The Morgan fingerprint density at radius 3 is 2.00 bits per heavy atom. The Labute approximate surface area is 143 Å². The van der Waals surface area contributed by atoms with E-state index >= 15 is 0 Å². The van der Waals surface area contributed by atoms with Gasteiger partial charge < -0.3 is 18.9 Å². The van der Waals surface area contributed by atoms with E-state index < -0.39 is 0 Å². The van der Waals surface area contributed by atoms with Gasteiger partial charge in [-0.15, -0.1) is 0 Å². The van der Waals surface area contributed by atoms with E-state index in [-0.39, 0.29) is 0 Å². The predicted octanol–water partition coefficient (Wildman–Crippen LogP) is 4.16. The summed E-state index contributed by atoms with van der Waals surface area (Å²) < 4.78 is 22.7. The second-order valence-corrected chi connectivity index (χ2v) is 6.14. The lowest BCUT2D eigenvalue weighted by Gasteiger charge is -2.17. The molecular formula is C20H26O4. The van der Waals surface area contributed by atoms with E-state index in [0.717, 1.165) is 23.3 Å². The van der Waals surface area contributed by atoms with Crippen molar-refractivity contribution >= 4 is 10.8 Å². The molecule has 0 fully saturated rings. The fraction of sp³-hybridized carbons (Fsp3) is 0.500. The lowest BCUT2D eigenvalue weighted by molar-refractivity contribution is 0.0224. The molecule has 1 aliphatic heterocycles. The van der Waals surface area contributed by atoms with Gasteiger partial charge in [0.15, 0.2) is 11.5 Å². The minimum atomic E-state index is 0.507. The number of hydrogen-bond acceptors (Lipinski definition) is 4. The van der Waals surface area contributed by atoms with Crippen LogP contribution in [0, 0.1) is 0 Å². The normalized spacial score (nSPS) is 17.8. The smallest absolute Gasteiger partial charge is 0.161 e. The average Bonchev–Trinajstić information content (AvgIpc) is 2.60. The molecule has 1 unspecified atom stereocenters. The van der Waals surface area contributed by atoms with Crippen molar-refractivity contribution in [2.24, 2.45) is 0 Å². The molecule has 0 saturated carbocycles. The summed E-state index contributed by atoms with van der Waals surface area (Å²) in [7, 11) is 0. The lowest BCUT2D eigenvalue weighted by Crippen LogP contribution is -2.15. The van der Waals surface area contributed by atoms with Crippen LogP contribution in [0.5, 0.6) is 11.5 Å². The summed E-state index contributed by atoms with van der Waals surface area (Å²) >= 11 is 0. The Kier molecular flexibility index (Phi) is 5.94. The summed E-state index contributed by atoms with van der Waals surface area (Å²) in [4.78, 5) is 0. The van der Waals surface area contributed by atoms with E-state index in [1.165, 1.54) is 10.9 Å². The molecule has 4 heteroatoms. The van der Waals surface area contributed by atoms with Gasteiger partial charge in [0, 0.05) is 0 Å². The zero-order valence-corrected chi connectivity index (χ0v) is 14.5. The lowest BCUT2D eigenvalue weighted by atomic mass is 9.96. The largest absolute Gasteiger partial charge is 0.487 e. The van der Waals surface area contributed by atoms with Crippen LogP contribution in [-0.2, 0) is 9.47 Å². The molecular weight excluding hydrogens is 304 g/mol. The molecule has 0 saturated heterocycles.